The van der Waals surface area contributed by atoms with Crippen LogP contribution in [-0.4, -0.2) is 15.7 Å². The van der Waals surface area contributed by atoms with Crippen LogP contribution in [0.1, 0.15) is 17.0 Å². The first kappa shape index (κ1) is 12.1. The predicted molar refractivity (Wildman–Crippen MR) is 71.3 cm³/mol. The van der Waals surface area contributed by atoms with Crippen molar-refractivity contribution < 1.29 is 4.79 Å². The molecule has 1 aromatic carbocycles. The van der Waals surface area contributed by atoms with Crippen LogP contribution in [0.3, 0.4) is 0 Å². The van der Waals surface area contributed by atoms with Gasteiger partial charge in [0.1, 0.15) is 0 Å². The summed E-state index contributed by atoms with van der Waals surface area (Å²) in [7, 11) is 0. The standard InChI is InChI=1S/C14H15N3O/c1-10-13(8-9-14(15)18)11(2)17(16-10)12-6-4-3-5-7-12/h3-9H,1-2H3,(H2,15,18). The number of hydrogen-bond acceptors (Lipinski definition) is 2. The lowest BCUT2D eigenvalue weighted by atomic mass is 10.2. The summed E-state index contributed by atoms with van der Waals surface area (Å²) in [6.07, 6.45) is 3.06. The van der Waals surface area contributed by atoms with Gasteiger partial charge in [-0.1, -0.05) is 18.2 Å². The largest absolute Gasteiger partial charge is 0.366 e. The molecule has 0 atom stereocenters. The summed E-state index contributed by atoms with van der Waals surface area (Å²) >= 11 is 0. The third-order valence-corrected chi connectivity index (χ3v) is 2.76. The number of hydrogen-bond donors (Lipinski definition) is 1. The second-order valence-electron chi connectivity index (χ2n) is 4.07. The van der Waals surface area contributed by atoms with E-state index in [1.807, 2.05) is 48.9 Å². The number of amides is 1. The van der Waals surface area contributed by atoms with E-state index in [-0.39, 0.29) is 0 Å². The minimum atomic E-state index is -0.457. The van der Waals surface area contributed by atoms with Gasteiger partial charge >= 0.3 is 0 Å². The van der Waals surface area contributed by atoms with Gasteiger partial charge in [0.25, 0.3) is 0 Å². The maximum atomic E-state index is 10.8. The lowest BCUT2D eigenvalue weighted by molar-refractivity contribution is -0.113. The highest BCUT2D eigenvalue weighted by Crippen LogP contribution is 2.18. The molecule has 2 N–H and O–H groups in total. The first-order chi connectivity index (χ1) is 8.59. The molecule has 1 amide bonds. The fourth-order valence-corrected chi connectivity index (χ4v) is 1.88. The maximum absolute atomic E-state index is 10.8. The average Bonchev–Trinajstić information content (AvgIpc) is 2.63. The Morgan fingerprint density at radius 2 is 1.94 bits per heavy atom. The Morgan fingerprint density at radius 1 is 1.28 bits per heavy atom. The van der Waals surface area contributed by atoms with Crippen molar-refractivity contribution in [1.82, 2.24) is 9.78 Å². The third-order valence-electron chi connectivity index (χ3n) is 2.76. The first-order valence-corrected chi connectivity index (χ1v) is 5.68. The molecule has 0 aliphatic rings. The van der Waals surface area contributed by atoms with Gasteiger partial charge in [0.2, 0.25) is 5.91 Å². The summed E-state index contributed by atoms with van der Waals surface area (Å²) in [6.45, 7) is 3.88. The van der Waals surface area contributed by atoms with Gasteiger partial charge in [-0.25, -0.2) is 4.68 Å². The molecule has 18 heavy (non-hydrogen) atoms. The second-order valence-corrected chi connectivity index (χ2v) is 4.07. The summed E-state index contributed by atoms with van der Waals surface area (Å²) in [4.78, 5) is 10.8. The summed E-state index contributed by atoms with van der Waals surface area (Å²) in [5.74, 6) is -0.457. The Labute approximate surface area is 106 Å². The van der Waals surface area contributed by atoms with Crippen molar-refractivity contribution in [1.29, 1.82) is 0 Å². The number of primary amides is 1. The third kappa shape index (κ3) is 2.32. The number of nitrogens with zero attached hydrogens (tertiary/aromatic N) is 2. The van der Waals surface area contributed by atoms with E-state index in [2.05, 4.69) is 5.10 Å². The van der Waals surface area contributed by atoms with E-state index >= 15 is 0 Å². The summed E-state index contributed by atoms with van der Waals surface area (Å²) in [6, 6.07) is 9.86. The molecule has 0 bridgehead atoms. The van der Waals surface area contributed by atoms with E-state index < -0.39 is 5.91 Å². The highest BCUT2D eigenvalue weighted by molar-refractivity contribution is 5.90. The number of para-hydroxylation sites is 1. The molecule has 0 fully saturated rings. The topological polar surface area (TPSA) is 60.9 Å². The van der Waals surface area contributed by atoms with Gasteiger partial charge in [0, 0.05) is 17.3 Å². The van der Waals surface area contributed by atoms with E-state index in [9.17, 15) is 4.79 Å². The number of carbonyl (C=O) groups is 1. The van der Waals surface area contributed by atoms with Crippen LogP contribution in [0.2, 0.25) is 0 Å². The molecule has 0 saturated heterocycles. The molecule has 0 radical (unpaired) electrons. The van der Waals surface area contributed by atoms with Crippen LogP contribution in [0.25, 0.3) is 11.8 Å². The average molecular weight is 241 g/mol. The Bertz CT molecular complexity index is 597. The number of nitrogens with two attached hydrogens (primary N) is 1. The van der Waals surface area contributed by atoms with Gasteiger partial charge in [-0.3, -0.25) is 4.79 Å². The van der Waals surface area contributed by atoms with Crippen molar-refractivity contribution in [2.45, 2.75) is 13.8 Å². The van der Waals surface area contributed by atoms with Gasteiger partial charge < -0.3 is 5.73 Å². The van der Waals surface area contributed by atoms with Crippen LogP contribution in [0, 0.1) is 13.8 Å². The van der Waals surface area contributed by atoms with Crippen LogP contribution in [0.5, 0.6) is 0 Å². The molecule has 4 heteroatoms. The molecule has 2 aromatic rings. The van der Waals surface area contributed by atoms with E-state index in [4.69, 9.17) is 5.73 Å². The number of aromatic nitrogens is 2. The smallest absolute Gasteiger partial charge is 0.241 e. The normalized spacial score (nSPS) is 11.0. The van der Waals surface area contributed by atoms with Crippen molar-refractivity contribution in [3.8, 4) is 5.69 Å². The molecule has 0 unspecified atom stereocenters. The highest BCUT2D eigenvalue weighted by atomic mass is 16.1. The minimum absolute atomic E-state index is 0.457. The number of aryl methyl sites for hydroxylation is 1. The molecule has 0 aliphatic heterocycles. The van der Waals surface area contributed by atoms with Crippen molar-refractivity contribution in [2.24, 2.45) is 5.73 Å². The van der Waals surface area contributed by atoms with Crippen LogP contribution >= 0.6 is 0 Å². The number of benzene rings is 1. The maximum Gasteiger partial charge on any atom is 0.241 e. The van der Waals surface area contributed by atoms with Crippen molar-refractivity contribution >= 4 is 12.0 Å². The Hall–Kier alpha value is -2.36. The first-order valence-electron chi connectivity index (χ1n) is 5.68. The fraction of sp³-hybridized carbons (Fsp3) is 0.143. The lowest BCUT2D eigenvalue weighted by Crippen LogP contribution is -2.05. The van der Waals surface area contributed by atoms with Gasteiger partial charge in [-0.15, -0.1) is 0 Å². The Kier molecular flexibility index (Phi) is 3.28. The zero-order valence-electron chi connectivity index (χ0n) is 10.4. The quantitative estimate of drug-likeness (QED) is 0.835. The van der Waals surface area contributed by atoms with Crippen LogP contribution in [0.4, 0.5) is 0 Å². The summed E-state index contributed by atoms with van der Waals surface area (Å²) in [5, 5.41) is 4.47. The van der Waals surface area contributed by atoms with E-state index in [1.54, 1.807) is 6.08 Å². The highest BCUT2D eigenvalue weighted by Gasteiger charge is 2.10. The molecule has 92 valence electrons. The molecular formula is C14H15N3O. The van der Waals surface area contributed by atoms with Crippen molar-refractivity contribution in [3.05, 3.63) is 53.4 Å². The molecule has 2 rings (SSSR count). The Balaban J connectivity index is 2.47. The molecule has 0 saturated carbocycles. The van der Waals surface area contributed by atoms with E-state index in [0.29, 0.717) is 0 Å². The molecule has 0 spiro atoms. The summed E-state index contributed by atoms with van der Waals surface area (Å²) < 4.78 is 1.86. The molecule has 0 aliphatic carbocycles. The van der Waals surface area contributed by atoms with Crippen molar-refractivity contribution in [3.63, 3.8) is 0 Å². The lowest BCUT2D eigenvalue weighted by Gasteiger charge is -2.03. The molecule has 4 nitrogen and oxygen atoms in total. The SMILES string of the molecule is Cc1nn(-c2ccccc2)c(C)c1C=CC(N)=O. The number of rotatable bonds is 3. The second kappa shape index (κ2) is 4.87. The predicted octanol–water partition coefficient (Wildman–Crippen LogP) is 1.99. The Morgan fingerprint density at radius 3 is 2.56 bits per heavy atom. The minimum Gasteiger partial charge on any atom is -0.366 e. The monoisotopic (exact) mass is 241 g/mol. The van der Waals surface area contributed by atoms with Crippen LogP contribution in [0.15, 0.2) is 36.4 Å². The number of carbonyl (C=O) groups excluding carboxylic acids is 1. The molecule has 1 aromatic heterocycles. The zero-order chi connectivity index (χ0) is 13.1. The van der Waals surface area contributed by atoms with Gasteiger partial charge in [0.15, 0.2) is 0 Å². The van der Waals surface area contributed by atoms with E-state index in [1.165, 1.54) is 6.08 Å². The van der Waals surface area contributed by atoms with Crippen LogP contribution in [-0.2, 0) is 4.79 Å². The van der Waals surface area contributed by atoms with Gasteiger partial charge in [-0.05, 0) is 32.1 Å². The van der Waals surface area contributed by atoms with Crippen molar-refractivity contribution in [2.75, 3.05) is 0 Å². The van der Waals surface area contributed by atoms with Crippen LogP contribution < -0.4 is 5.73 Å². The van der Waals surface area contributed by atoms with E-state index in [0.717, 1.165) is 22.6 Å². The fourth-order valence-electron chi connectivity index (χ4n) is 1.88. The summed E-state index contributed by atoms with van der Waals surface area (Å²) in [5.41, 5.74) is 8.88. The van der Waals surface area contributed by atoms with Gasteiger partial charge in [0.05, 0.1) is 11.4 Å². The zero-order valence-corrected chi connectivity index (χ0v) is 10.4. The molecular weight excluding hydrogens is 226 g/mol. The molecule has 1 heterocycles. The van der Waals surface area contributed by atoms with Gasteiger partial charge in [-0.2, -0.15) is 5.10 Å².